The topological polar surface area (TPSA) is 339 Å². The van der Waals surface area contributed by atoms with Crippen molar-refractivity contribution in [2.24, 2.45) is 17.4 Å². The number of aliphatic hydroxyl groups is 1. The third-order valence-corrected chi connectivity index (χ3v) is 9.23. The third kappa shape index (κ3) is 16.8. The Balaban J connectivity index is 3.32. The fraction of sp³-hybridized carbons (Fsp3) is 0.733. The second-order valence-corrected chi connectivity index (χ2v) is 15.1. The van der Waals surface area contributed by atoms with Gasteiger partial charge in [-0.25, -0.2) is 4.57 Å². The monoisotopic (exact) mass is 796 g/mol. The lowest BCUT2D eigenvalue weighted by molar-refractivity contribution is -0.144. The van der Waals surface area contributed by atoms with Gasteiger partial charge in [-0.15, -0.1) is 0 Å². The van der Waals surface area contributed by atoms with Crippen LogP contribution in [-0.2, 0) is 47.4 Å². The number of amides is 8. The number of hydrogen-bond acceptors (Lipinski definition) is 12. The summed E-state index contributed by atoms with van der Waals surface area (Å²) in [6, 6.07) is -8.50. The average Bonchev–Trinajstić information content (AvgIpc) is 3.54. The fourth-order valence-electron chi connectivity index (χ4n) is 5.42. The fourth-order valence-corrected chi connectivity index (χ4v) is 6.45. The summed E-state index contributed by atoms with van der Waals surface area (Å²) >= 11 is 1.39. The normalized spacial score (nSPS) is 17.8. The van der Waals surface area contributed by atoms with Gasteiger partial charge >= 0.3 is 7.82 Å². The predicted octanol–water partition coefficient (Wildman–Crippen LogP) is -3.54. The number of primary amides is 2. The van der Waals surface area contributed by atoms with Crippen LogP contribution in [0.2, 0.25) is 0 Å². The number of hydrogen-bond donors (Lipinski definition) is 10. The molecule has 1 aliphatic heterocycles. The molecule has 1 fully saturated rings. The number of carbonyl (C=O) groups excluding carboxylic acids is 8. The molecular weight excluding hydrogens is 743 g/mol. The first kappa shape index (κ1) is 47.2. The molecule has 23 heteroatoms. The number of rotatable bonds is 23. The van der Waals surface area contributed by atoms with Crippen molar-refractivity contribution in [2.75, 3.05) is 25.2 Å². The van der Waals surface area contributed by atoms with Crippen molar-refractivity contribution < 1.29 is 62.3 Å². The van der Waals surface area contributed by atoms with Gasteiger partial charge in [0.25, 0.3) is 0 Å². The quantitative estimate of drug-likeness (QED) is 0.0448. The molecule has 1 saturated heterocycles. The maximum atomic E-state index is 13.9. The first-order valence-corrected chi connectivity index (χ1v) is 19.7. The Kier molecular flexibility index (Phi) is 20.0. The summed E-state index contributed by atoms with van der Waals surface area (Å²) in [5.41, 5.74) is 10.7. The Morgan fingerprint density at radius 1 is 0.868 bits per heavy atom. The molecule has 0 aromatic carbocycles. The first-order valence-electron chi connectivity index (χ1n) is 16.8. The Labute approximate surface area is 311 Å². The highest BCUT2D eigenvalue weighted by molar-refractivity contribution is 7.98. The molecule has 1 rings (SSSR count). The molecule has 8 amide bonds. The Bertz CT molecular complexity index is 1380. The second kappa shape index (κ2) is 22.4. The van der Waals surface area contributed by atoms with Crippen LogP contribution in [0, 0.1) is 5.92 Å². The number of nitrogens with zero attached hydrogens (tertiary/aromatic N) is 1. The molecule has 0 aromatic heterocycles. The molecule has 0 aromatic rings. The van der Waals surface area contributed by atoms with E-state index < -0.39 is 104 Å². The molecule has 0 bridgehead atoms. The van der Waals surface area contributed by atoms with Crippen LogP contribution in [0.3, 0.4) is 0 Å². The molecule has 0 aliphatic carbocycles. The van der Waals surface area contributed by atoms with E-state index in [1.807, 2.05) is 0 Å². The molecule has 1 aliphatic rings. The summed E-state index contributed by atoms with van der Waals surface area (Å²) in [6.07, 6.45) is 0.140. The maximum absolute atomic E-state index is 13.9. The average molecular weight is 797 g/mol. The van der Waals surface area contributed by atoms with Gasteiger partial charge in [-0.2, -0.15) is 11.8 Å². The van der Waals surface area contributed by atoms with Crippen LogP contribution in [-0.4, -0.2) is 135 Å². The highest BCUT2D eigenvalue weighted by Crippen LogP contribution is 2.38. The predicted molar refractivity (Wildman–Crippen MR) is 190 cm³/mol. The van der Waals surface area contributed by atoms with Crippen molar-refractivity contribution >= 4 is 66.8 Å². The smallest absolute Gasteiger partial charge is 0.394 e. The second-order valence-electron chi connectivity index (χ2n) is 12.9. The summed E-state index contributed by atoms with van der Waals surface area (Å²) in [5, 5.41) is 21.9. The highest BCUT2D eigenvalue weighted by Gasteiger charge is 2.43. The van der Waals surface area contributed by atoms with Crippen molar-refractivity contribution in [3.8, 4) is 0 Å². The van der Waals surface area contributed by atoms with Gasteiger partial charge in [0, 0.05) is 19.9 Å². The molecule has 21 nitrogen and oxygen atoms in total. The van der Waals surface area contributed by atoms with Gasteiger partial charge in [-0.1, -0.05) is 13.8 Å². The molecule has 1 heterocycles. The van der Waals surface area contributed by atoms with Crippen LogP contribution in [0.5, 0.6) is 0 Å². The van der Waals surface area contributed by atoms with Gasteiger partial charge in [-0.3, -0.25) is 42.9 Å². The van der Waals surface area contributed by atoms with Crippen LogP contribution >= 0.6 is 19.6 Å². The van der Waals surface area contributed by atoms with Crippen molar-refractivity contribution in [1.82, 2.24) is 31.5 Å². The van der Waals surface area contributed by atoms with Gasteiger partial charge < -0.3 is 57.8 Å². The minimum atomic E-state index is -5.27. The van der Waals surface area contributed by atoms with Crippen LogP contribution in [0.4, 0.5) is 0 Å². The van der Waals surface area contributed by atoms with Crippen molar-refractivity contribution in [2.45, 2.75) is 109 Å². The van der Waals surface area contributed by atoms with E-state index in [1.54, 1.807) is 20.1 Å². The number of phosphoric acid groups is 1. The number of aliphatic hydroxyl groups excluding tert-OH is 1. The van der Waals surface area contributed by atoms with Gasteiger partial charge in [0.15, 0.2) is 0 Å². The summed E-state index contributed by atoms with van der Waals surface area (Å²) < 4.78 is 16.4. The standard InChI is InChI=1S/C30H53N8O13PS/c1-15(2)13-20(25(32)42)35-29(46)22-7-6-11-38(22)30(47)24(16(3)51-52(48,49)50)37-28(45)21(14-39)36-26(43)18(8-9-23(31)41)34-27(44)19(10-12-53-5)33-17(4)40/h15-16,18-22,24,39H,6-14H2,1-5H3,(H2,31,41)(H2,32,42)(H,33,40)(H,34,44)(H,35,46)(H,36,43)(H,37,45)(H2,48,49,50)/t16-,18+,19+,20+,21+,22+,24+/m1/s1. The Hall–Kier alpha value is -3.82. The minimum Gasteiger partial charge on any atom is -0.394 e. The van der Waals surface area contributed by atoms with E-state index in [0.29, 0.717) is 12.2 Å². The number of nitrogens with two attached hydrogens (primary N) is 2. The van der Waals surface area contributed by atoms with E-state index in [1.165, 1.54) is 18.7 Å². The number of likely N-dealkylation sites (tertiary alicyclic amines) is 1. The van der Waals surface area contributed by atoms with Crippen LogP contribution in [0.15, 0.2) is 0 Å². The SMILES string of the molecule is CSCC[C@H](NC(C)=O)C(=O)N[C@@H](CCC(N)=O)C(=O)N[C@@H](CO)C(=O)N[C@H](C(=O)N1CCC[C@H]1C(=O)N[C@@H](CC(C)C)C(N)=O)[C@@H](C)OP(=O)(O)O. The lowest BCUT2D eigenvalue weighted by atomic mass is 10.0. The van der Waals surface area contributed by atoms with Gasteiger partial charge in [0.05, 0.1) is 12.7 Å². The molecule has 0 unspecified atom stereocenters. The zero-order valence-electron chi connectivity index (χ0n) is 30.4. The first-order chi connectivity index (χ1) is 24.6. The van der Waals surface area contributed by atoms with E-state index in [4.69, 9.17) is 16.0 Å². The highest BCUT2D eigenvalue weighted by atomic mass is 32.2. The summed E-state index contributed by atoms with van der Waals surface area (Å²) in [4.78, 5) is 122. The summed E-state index contributed by atoms with van der Waals surface area (Å²) in [6.45, 7) is 4.75. The Morgan fingerprint density at radius 2 is 1.43 bits per heavy atom. The molecule has 0 saturated carbocycles. The lowest BCUT2D eigenvalue weighted by Crippen LogP contribution is -2.62. The van der Waals surface area contributed by atoms with E-state index >= 15 is 0 Å². The van der Waals surface area contributed by atoms with E-state index in [9.17, 15) is 57.8 Å². The molecule has 0 spiro atoms. The maximum Gasteiger partial charge on any atom is 0.469 e. The molecule has 53 heavy (non-hydrogen) atoms. The number of thioether (sulfide) groups is 1. The van der Waals surface area contributed by atoms with Crippen molar-refractivity contribution in [3.05, 3.63) is 0 Å². The number of nitrogens with one attached hydrogen (secondary N) is 5. The van der Waals surface area contributed by atoms with E-state index in [-0.39, 0.29) is 44.6 Å². The zero-order chi connectivity index (χ0) is 40.6. The van der Waals surface area contributed by atoms with Crippen LogP contribution in [0.1, 0.15) is 66.2 Å². The van der Waals surface area contributed by atoms with Gasteiger partial charge in [0.2, 0.25) is 47.3 Å². The van der Waals surface area contributed by atoms with E-state index in [2.05, 4.69) is 26.6 Å². The molecule has 12 N–H and O–H groups in total. The minimum absolute atomic E-state index is 0.0281. The van der Waals surface area contributed by atoms with Gasteiger partial charge in [0.1, 0.15) is 36.3 Å². The lowest BCUT2D eigenvalue weighted by Gasteiger charge is -2.33. The molecular formula is C30H53N8O13PS. The molecule has 7 atom stereocenters. The van der Waals surface area contributed by atoms with Crippen LogP contribution in [0.25, 0.3) is 0 Å². The zero-order valence-corrected chi connectivity index (χ0v) is 32.1. The Morgan fingerprint density at radius 3 is 1.92 bits per heavy atom. The third-order valence-electron chi connectivity index (χ3n) is 7.97. The summed E-state index contributed by atoms with van der Waals surface area (Å²) in [5.74, 6) is -6.54. The number of phosphoric ester groups is 1. The molecule has 0 radical (unpaired) electrons. The van der Waals surface area contributed by atoms with Gasteiger partial charge in [-0.05, 0) is 57.0 Å². The van der Waals surface area contributed by atoms with Crippen LogP contribution < -0.4 is 38.1 Å². The van der Waals surface area contributed by atoms with Crippen molar-refractivity contribution in [3.63, 3.8) is 0 Å². The van der Waals surface area contributed by atoms with Crippen molar-refractivity contribution in [1.29, 1.82) is 0 Å². The molecule has 302 valence electrons. The largest absolute Gasteiger partial charge is 0.469 e. The number of carbonyl (C=O) groups is 8. The van der Waals surface area contributed by atoms with E-state index in [0.717, 1.165) is 11.8 Å². The summed E-state index contributed by atoms with van der Waals surface area (Å²) in [7, 11) is -5.27.